The van der Waals surface area contributed by atoms with Crippen molar-refractivity contribution in [2.75, 3.05) is 6.61 Å². The molecule has 0 aliphatic carbocycles. The van der Waals surface area contributed by atoms with E-state index in [0.29, 0.717) is 12.2 Å². The van der Waals surface area contributed by atoms with Gasteiger partial charge in [0.2, 0.25) is 0 Å². The largest absolute Gasteiger partial charge is 0.374 e. The van der Waals surface area contributed by atoms with Crippen LogP contribution in [-0.4, -0.2) is 12.7 Å². The second-order valence-electron chi connectivity index (χ2n) is 4.31. The summed E-state index contributed by atoms with van der Waals surface area (Å²) >= 11 is 0. The maximum Gasteiger partial charge on any atom is 0.162 e. The minimum absolute atomic E-state index is 0.0350. The number of halogens is 2. The Hall–Kier alpha value is -1.22. The van der Waals surface area contributed by atoms with Crippen LogP contribution in [0.2, 0.25) is 0 Å². The van der Waals surface area contributed by atoms with Gasteiger partial charge in [-0.1, -0.05) is 24.3 Å². The number of rotatable bonds is 2. The van der Waals surface area contributed by atoms with Crippen LogP contribution < -0.4 is 0 Å². The Morgan fingerprint density at radius 3 is 2.76 bits per heavy atom. The molecule has 0 spiro atoms. The van der Waals surface area contributed by atoms with Crippen LogP contribution in [0.3, 0.4) is 0 Å². The lowest BCUT2D eigenvalue weighted by Gasteiger charge is -2.27. The maximum atomic E-state index is 13.6. The van der Waals surface area contributed by atoms with Crippen molar-refractivity contribution in [2.24, 2.45) is 0 Å². The van der Waals surface area contributed by atoms with Gasteiger partial charge >= 0.3 is 0 Å². The molecule has 1 aromatic rings. The molecule has 17 heavy (non-hydrogen) atoms. The molecule has 1 aromatic carbocycles. The topological polar surface area (TPSA) is 9.23 Å². The van der Waals surface area contributed by atoms with Gasteiger partial charge in [0.05, 0.1) is 12.7 Å². The first kappa shape index (κ1) is 12.2. The lowest BCUT2D eigenvalue weighted by Crippen LogP contribution is -2.23. The van der Waals surface area contributed by atoms with E-state index in [1.165, 1.54) is 0 Å². The molecule has 1 heterocycles. The molecular weight excluding hydrogens is 222 g/mol. The standard InChI is InChI=1S/C14H16F2O/c1-2-4-11-8-7-10(9-17-11)12-5-3-6-13(15)14(12)16/h2-6,10-11H,7-9H2,1H3/b4-2+. The molecule has 0 N–H and O–H groups in total. The normalized spacial score (nSPS) is 25.4. The number of benzene rings is 1. The maximum absolute atomic E-state index is 13.6. The van der Waals surface area contributed by atoms with Crippen LogP contribution in [0.5, 0.6) is 0 Å². The van der Waals surface area contributed by atoms with Gasteiger partial charge in [0.15, 0.2) is 11.6 Å². The summed E-state index contributed by atoms with van der Waals surface area (Å²) in [6, 6.07) is 4.33. The quantitative estimate of drug-likeness (QED) is 0.712. The van der Waals surface area contributed by atoms with Crippen molar-refractivity contribution >= 4 is 0 Å². The molecule has 1 fully saturated rings. The number of hydrogen-bond donors (Lipinski definition) is 0. The average molecular weight is 238 g/mol. The molecule has 1 aliphatic heterocycles. The summed E-state index contributed by atoms with van der Waals surface area (Å²) in [5.74, 6) is -1.55. The van der Waals surface area contributed by atoms with Crippen molar-refractivity contribution in [1.82, 2.24) is 0 Å². The van der Waals surface area contributed by atoms with Gasteiger partial charge in [0.1, 0.15) is 0 Å². The highest BCUT2D eigenvalue weighted by atomic mass is 19.2. The van der Waals surface area contributed by atoms with Gasteiger partial charge in [0, 0.05) is 5.92 Å². The van der Waals surface area contributed by atoms with Gasteiger partial charge in [-0.05, 0) is 31.4 Å². The molecule has 3 heteroatoms. The smallest absolute Gasteiger partial charge is 0.162 e. The lowest BCUT2D eigenvalue weighted by atomic mass is 9.91. The summed E-state index contributed by atoms with van der Waals surface area (Å²) in [7, 11) is 0. The molecule has 2 atom stereocenters. The van der Waals surface area contributed by atoms with E-state index in [9.17, 15) is 8.78 Å². The van der Waals surface area contributed by atoms with Crippen molar-refractivity contribution in [3.63, 3.8) is 0 Å². The molecule has 0 aromatic heterocycles. The monoisotopic (exact) mass is 238 g/mol. The lowest BCUT2D eigenvalue weighted by molar-refractivity contribution is 0.0317. The molecule has 0 radical (unpaired) electrons. The third kappa shape index (κ3) is 2.72. The zero-order valence-electron chi connectivity index (χ0n) is 9.83. The SMILES string of the molecule is C/C=C/C1CCC(c2cccc(F)c2F)CO1. The van der Waals surface area contributed by atoms with Gasteiger partial charge in [-0.3, -0.25) is 0 Å². The minimum atomic E-state index is -0.780. The summed E-state index contributed by atoms with van der Waals surface area (Å²) in [6.07, 6.45) is 5.75. The van der Waals surface area contributed by atoms with Crippen LogP contribution in [0.25, 0.3) is 0 Å². The molecule has 92 valence electrons. The summed E-state index contributed by atoms with van der Waals surface area (Å²) in [6.45, 7) is 2.40. The zero-order valence-corrected chi connectivity index (χ0v) is 9.83. The van der Waals surface area contributed by atoms with Crippen molar-refractivity contribution in [2.45, 2.75) is 31.8 Å². The highest BCUT2D eigenvalue weighted by molar-refractivity contribution is 5.23. The van der Waals surface area contributed by atoms with Gasteiger partial charge in [-0.15, -0.1) is 0 Å². The first-order chi connectivity index (χ1) is 8.22. The fourth-order valence-corrected chi connectivity index (χ4v) is 2.22. The Morgan fingerprint density at radius 1 is 1.29 bits per heavy atom. The van der Waals surface area contributed by atoms with Crippen LogP contribution in [-0.2, 0) is 4.74 Å². The minimum Gasteiger partial charge on any atom is -0.374 e. The molecule has 2 rings (SSSR count). The number of hydrogen-bond acceptors (Lipinski definition) is 1. The number of allylic oxidation sites excluding steroid dienone is 1. The fraction of sp³-hybridized carbons (Fsp3) is 0.429. The molecule has 0 bridgehead atoms. The highest BCUT2D eigenvalue weighted by Crippen LogP contribution is 2.30. The van der Waals surface area contributed by atoms with Crippen LogP contribution in [0.4, 0.5) is 8.78 Å². The highest BCUT2D eigenvalue weighted by Gasteiger charge is 2.24. The van der Waals surface area contributed by atoms with Crippen molar-refractivity contribution in [3.8, 4) is 0 Å². The van der Waals surface area contributed by atoms with Crippen molar-refractivity contribution in [3.05, 3.63) is 47.5 Å². The van der Waals surface area contributed by atoms with E-state index in [1.54, 1.807) is 12.1 Å². The average Bonchev–Trinajstić information content (AvgIpc) is 2.34. The second kappa shape index (κ2) is 5.41. The predicted molar refractivity (Wildman–Crippen MR) is 62.9 cm³/mol. The third-order valence-corrected chi connectivity index (χ3v) is 3.14. The first-order valence-electron chi connectivity index (χ1n) is 5.90. The summed E-state index contributed by atoms with van der Waals surface area (Å²) in [4.78, 5) is 0. The summed E-state index contributed by atoms with van der Waals surface area (Å²) in [5, 5.41) is 0. The van der Waals surface area contributed by atoms with Gasteiger partial charge in [0.25, 0.3) is 0 Å². The van der Waals surface area contributed by atoms with Gasteiger partial charge < -0.3 is 4.74 Å². The molecule has 0 amide bonds. The molecule has 0 saturated carbocycles. The van der Waals surface area contributed by atoms with Gasteiger partial charge in [-0.25, -0.2) is 8.78 Å². The van der Waals surface area contributed by atoms with Gasteiger partial charge in [-0.2, -0.15) is 0 Å². The molecule has 1 aliphatic rings. The summed E-state index contributed by atoms with van der Waals surface area (Å²) < 4.78 is 32.3. The molecule has 2 unspecified atom stereocenters. The first-order valence-corrected chi connectivity index (χ1v) is 5.90. The van der Waals surface area contributed by atoms with Crippen LogP contribution in [0.15, 0.2) is 30.4 Å². The Morgan fingerprint density at radius 2 is 2.12 bits per heavy atom. The zero-order chi connectivity index (χ0) is 12.3. The van der Waals surface area contributed by atoms with E-state index in [1.807, 2.05) is 19.1 Å². The predicted octanol–water partition coefficient (Wildman–Crippen LogP) is 3.80. The fourth-order valence-electron chi connectivity index (χ4n) is 2.22. The Balaban J connectivity index is 2.08. The van der Waals surface area contributed by atoms with Crippen molar-refractivity contribution in [1.29, 1.82) is 0 Å². The van der Waals surface area contributed by atoms with E-state index in [-0.39, 0.29) is 12.0 Å². The second-order valence-corrected chi connectivity index (χ2v) is 4.31. The van der Waals surface area contributed by atoms with Crippen LogP contribution in [0, 0.1) is 11.6 Å². The molecule has 1 saturated heterocycles. The van der Waals surface area contributed by atoms with E-state index in [2.05, 4.69) is 0 Å². The van der Waals surface area contributed by atoms with E-state index < -0.39 is 11.6 Å². The molecular formula is C14H16F2O. The van der Waals surface area contributed by atoms with E-state index in [0.717, 1.165) is 18.9 Å². The van der Waals surface area contributed by atoms with Crippen molar-refractivity contribution < 1.29 is 13.5 Å². The number of ether oxygens (including phenoxy) is 1. The molecule has 1 nitrogen and oxygen atoms in total. The van der Waals surface area contributed by atoms with E-state index in [4.69, 9.17) is 4.74 Å². The van der Waals surface area contributed by atoms with E-state index >= 15 is 0 Å². The Kier molecular flexibility index (Phi) is 3.89. The van der Waals surface area contributed by atoms with Crippen LogP contribution in [0.1, 0.15) is 31.2 Å². The Labute approximate surface area is 100 Å². The third-order valence-electron chi connectivity index (χ3n) is 3.14. The van der Waals surface area contributed by atoms with Crippen LogP contribution >= 0.6 is 0 Å². The summed E-state index contributed by atoms with van der Waals surface area (Å²) in [5.41, 5.74) is 0.434. The Bertz CT molecular complexity index is 407.